The average molecular weight is 597 g/mol. The van der Waals surface area contributed by atoms with Crippen LogP contribution in [0.1, 0.15) is 42.9 Å². The summed E-state index contributed by atoms with van der Waals surface area (Å²) in [5.74, 6) is -0.506. The molecule has 1 aromatic rings. The minimum absolute atomic E-state index is 0.00606. The Hall–Kier alpha value is -2.90. The molecule has 4 aliphatic rings. The Bertz CT molecular complexity index is 1180. The molecule has 3 fully saturated rings. The quantitative estimate of drug-likeness (QED) is 0.465. The molecule has 0 radical (unpaired) electrons. The molecular formula is C29H39F3N4O6. The van der Waals surface area contributed by atoms with Crippen molar-refractivity contribution in [3.63, 3.8) is 0 Å². The van der Waals surface area contributed by atoms with Crippen LogP contribution in [0.2, 0.25) is 0 Å². The zero-order chi connectivity index (χ0) is 30.1. The third-order valence-electron chi connectivity index (χ3n) is 9.15. The monoisotopic (exact) mass is 596 g/mol. The van der Waals surface area contributed by atoms with E-state index < -0.39 is 23.2 Å². The first kappa shape index (κ1) is 30.6. The lowest BCUT2D eigenvalue weighted by Crippen LogP contribution is -2.52. The van der Waals surface area contributed by atoms with E-state index >= 15 is 0 Å². The van der Waals surface area contributed by atoms with E-state index in [2.05, 4.69) is 10.6 Å². The molecule has 5 atom stereocenters. The highest BCUT2D eigenvalue weighted by molar-refractivity contribution is 5.86. The van der Waals surface area contributed by atoms with E-state index in [1.54, 1.807) is 16.9 Å². The Morgan fingerprint density at radius 2 is 2.00 bits per heavy atom. The molecule has 3 aliphatic heterocycles. The number of hydrogen-bond acceptors (Lipinski definition) is 7. The fourth-order valence-electron chi connectivity index (χ4n) is 7.08. The molecule has 3 amide bonds. The predicted molar refractivity (Wildman–Crippen MR) is 144 cm³/mol. The summed E-state index contributed by atoms with van der Waals surface area (Å²) in [6, 6.07) is 3.81. The summed E-state index contributed by atoms with van der Waals surface area (Å²) < 4.78 is 56.8. The van der Waals surface area contributed by atoms with Crippen LogP contribution in [0.15, 0.2) is 18.2 Å². The second kappa shape index (κ2) is 12.4. The van der Waals surface area contributed by atoms with E-state index in [0.29, 0.717) is 51.1 Å². The minimum Gasteiger partial charge on any atom is -0.448 e. The molecule has 10 nitrogen and oxygen atoms in total. The van der Waals surface area contributed by atoms with Crippen molar-refractivity contribution in [2.24, 2.45) is 11.3 Å². The molecular weight excluding hydrogens is 557 g/mol. The number of fused-ring (bicyclic) bond motifs is 2. The molecule has 0 aromatic heterocycles. The molecule has 1 aromatic carbocycles. The molecule has 42 heavy (non-hydrogen) atoms. The lowest BCUT2D eigenvalue weighted by Gasteiger charge is -2.38. The number of hydrogen-bond donors (Lipinski definition) is 2. The largest absolute Gasteiger partial charge is 0.448 e. The molecule has 0 spiro atoms. The summed E-state index contributed by atoms with van der Waals surface area (Å²) in [7, 11) is 1.65. The number of halogens is 3. The van der Waals surface area contributed by atoms with Gasteiger partial charge in [-0.2, -0.15) is 13.2 Å². The molecule has 232 valence electrons. The third kappa shape index (κ3) is 6.37. The fraction of sp³-hybridized carbons (Fsp3) is 0.690. The lowest BCUT2D eigenvalue weighted by molar-refractivity contribution is -0.143. The zero-order valence-electron chi connectivity index (χ0n) is 24.0. The summed E-state index contributed by atoms with van der Waals surface area (Å²) in [4.78, 5) is 41.7. The summed E-state index contributed by atoms with van der Waals surface area (Å²) in [5.41, 5.74) is -0.299. The number of amides is 3. The molecule has 2 saturated heterocycles. The number of benzene rings is 1. The first-order valence-electron chi connectivity index (χ1n) is 14.5. The van der Waals surface area contributed by atoms with Gasteiger partial charge in [0.15, 0.2) is 0 Å². The first-order chi connectivity index (χ1) is 20.0. The first-order valence-corrected chi connectivity index (χ1v) is 14.5. The highest BCUT2D eigenvalue weighted by Gasteiger charge is 2.60. The zero-order valence-corrected chi connectivity index (χ0v) is 24.0. The van der Waals surface area contributed by atoms with Crippen LogP contribution in [0.3, 0.4) is 0 Å². The molecule has 2 N–H and O–H groups in total. The lowest BCUT2D eigenvalue weighted by atomic mass is 9.78. The van der Waals surface area contributed by atoms with Crippen molar-refractivity contribution < 1.29 is 41.8 Å². The van der Waals surface area contributed by atoms with Gasteiger partial charge in [0, 0.05) is 58.9 Å². The van der Waals surface area contributed by atoms with Crippen molar-refractivity contribution in [3.8, 4) is 0 Å². The van der Waals surface area contributed by atoms with Gasteiger partial charge in [0.05, 0.1) is 30.2 Å². The molecule has 1 saturated carbocycles. The maximum absolute atomic E-state index is 14.4. The number of nitrogens with zero attached hydrogens (tertiary/aromatic N) is 2. The van der Waals surface area contributed by atoms with Crippen molar-refractivity contribution in [2.45, 2.75) is 63.5 Å². The van der Waals surface area contributed by atoms with Gasteiger partial charge in [0.2, 0.25) is 11.8 Å². The number of likely N-dealkylation sites (tertiary alicyclic amines) is 1. The van der Waals surface area contributed by atoms with Gasteiger partial charge in [-0.25, -0.2) is 4.79 Å². The minimum atomic E-state index is -4.47. The highest BCUT2D eigenvalue weighted by Crippen LogP contribution is 2.51. The number of methoxy groups -OCH3 is 1. The topological polar surface area (TPSA) is 109 Å². The summed E-state index contributed by atoms with van der Waals surface area (Å²) in [6.45, 7) is 3.68. The Morgan fingerprint density at radius 3 is 2.74 bits per heavy atom. The van der Waals surface area contributed by atoms with Crippen molar-refractivity contribution >= 4 is 17.9 Å². The van der Waals surface area contributed by atoms with Gasteiger partial charge in [0.1, 0.15) is 6.61 Å². The molecule has 3 heterocycles. The van der Waals surface area contributed by atoms with Gasteiger partial charge in [-0.1, -0.05) is 6.07 Å². The van der Waals surface area contributed by atoms with Crippen LogP contribution in [0.5, 0.6) is 0 Å². The normalized spacial score (nSPS) is 29.2. The van der Waals surface area contributed by atoms with Gasteiger partial charge < -0.3 is 34.6 Å². The second-order valence-corrected chi connectivity index (χ2v) is 11.8. The number of carbonyl (C=O) groups is 3. The summed E-state index contributed by atoms with van der Waals surface area (Å²) in [5, 5.41) is 6.27. The number of nitrogens with one attached hydrogen (secondary N) is 2. The van der Waals surface area contributed by atoms with Crippen LogP contribution >= 0.6 is 0 Å². The molecule has 13 heteroatoms. The van der Waals surface area contributed by atoms with Crippen LogP contribution in [-0.2, 0) is 42.9 Å². The summed E-state index contributed by atoms with van der Waals surface area (Å²) in [6.07, 6.45) is -2.72. The van der Waals surface area contributed by atoms with Gasteiger partial charge in [-0.15, -0.1) is 0 Å². The summed E-state index contributed by atoms with van der Waals surface area (Å²) >= 11 is 0. The number of ether oxygens (including phenoxy) is 3. The van der Waals surface area contributed by atoms with Crippen molar-refractivity contribution in [1.82, 2.24) is 20.4 Å². The van der Waals surface area contributed by atoms with E-state index in [1.807, 2.05) is 0 Å². The van der Waals surface area contributed by atoms with Crippen LogP contribution in [0.25, 0.3) is 0 Å². The van der Waals surface area contributed by atoms with Crippen LogP contribution in [-0.4, -0.2) is 99.0 Å². The standard InChI is InChI=1S/C29H39F3N4O6/c1-18(37)33-7-10-42-27(39)36-15-22-12-23(34-24-6-9-41-16-25(24)40-2)13-28(22,17-36)26(38)35-8-5-19-3-4-21(29(30,31)32)11-20(19)14-35/h3-4,11,22-25,34H,5-10,12-17H2,1-2H3,(H,33,37)/t22-,23+,24-,25+,28-/m0/s1. The number of rotatable bonds is 7. The number of alkyl halides is 3. The SMILES string of the molecule is CO[C@@H]1COCC[C@@H]1N[C@@H]1C[C@H]2CN(C(=O)OCCNC(C)=O)C[C@@]2(C(=O)N2CCc3ccc(C(F)(F)F)cc3C2)C1. The molecule has 5 rings (SSSR count). The van der Waals surface area contributed by atoms with Crippen molar-refractivity contribution in [1.29, 1.82) is 0 Å². The third-order valence-corrected chi connectivity index (χ3v) is 9.15. The van der Waals surface area contributed by atoms with Crippen LogP contribution in [0, 0.1) is 11.3 Å². The predicted octanol–water partition coefficient (Wildman–Crippen LogP) is 2.34. The van der Waals surface area contributed by atoms with Gasteiger partial charge in [0.25, 0.3) is 0 Å². The highest BCUT2D eigenvalue weighted by atomic mass is 19.4. The van der Waals surface area contributed by atoms with Gasteiger partial charge >= 0.3 is 12.3 Å². The Kier molecular flexibility index (Phi) is 9.00. The second-order valence-electron chi connectivity index (χ2n) is 11.8. The number of carbonyl (C=O) groups excluding carboxylic acids is 3. The van der Waals surface area contributed by atoms with Gasteiger partial charge in [-0.05, 0) is 54.9 Å². The Morgan fingerprint density at radius 1 is 1.19 bits per heavy atom. The van der Waals surface area contributed by atoms with E-state index in [9.17, 15) is 27.6 Å². The van der Waals surface area contributed by atoms with E-state index in [-0.39, 0.29) is 62.2 Å². The van der Waals surface area contributed by atoms with Crippen molar-refractivity contribution in [3.05, 3.63) is 34.9 Å². The van der Waals surface area contributed by atoms with Crippen molar-refractivity contribution in [2.75, 3.05) is 53.1 Å². The smallest absolute Gasteiger partial charge is 0.416 e. The Balaban J connectivity index is 1.33. The molecule has 1 aliphatic carbocycles. The van der Waals surface area contributed by atoms with E-state index in [0.717, 1.165) is 24.1 Å². The average Bonchev–Trinajstić information content (AvgIpc) is 3.49. The maximum Gasteiger partial charge on any atom is 0.416 e. The molecule has 0 unspecified atom stereocenters. The van der Waals surface area contributed by atoms with Crippen LogP contribution < -0.4 is 10.6 Å². The molecule has 0 bridgehead atoms. The maximum atomic E-state index is 14.4. The van der Waals surface area contributed by atoms with Crippen LogP contribution in [0.4, 0.5) is 18.0 Å². The van der Waals surface area contributed by atoms with E-state index in [1.165, 1.54) is 13.0 Å². The van der Waals surface area contributed by atoms with E-state index in [4.69, 9.17) is 14.2 Å². The van der Waals surface area contributed by atoms with Gasteiger partial charge in [-0.3, -0.25) is 9.59 Å². The fourth-order valence-corrected chi connectivity index (χ4v) is 7.08. The Labute approximate surface area is 243 Å².